The van der Waals surface area contributed by atoms with Gasteiger partial charge in [0.05, 0.1) is 18.4 Å². The van der Waals surface area contributed by atoms with Crippen LogP contribution in [0.4, 0.5) is 0 Å². The second kappa shape index (κ2) is 5.62. The van der Waals surface area contributed by atoms with E-state index >= 15 is 0 Å². The molecule has 2 rings (SSSR count). The number of aromatic nitrogens is 1. The van der Waals surface area contributed by atoms with E-state index < -0.39 is 17.6 Å². The highest BCUT2D eigenvalue weighted by molar-refractivity contribution is 5.74. The molecule has 0 saturated heterocycles. The zero-order valence-electron chi connectivity index (χ0n) is 10.8. The highest BCUT2D eigenvalue weighted by Crippen LogP contribution is 2.23. The molecule has 106 valence electrons. The van der Waals surface area contributed by atoms with E-state index in [2.05, 4.69) is 5.16 Å². The highest BCUT2D eigenvalue weighted by Gasteiger charge is 2.20. The summed E-state index contributed by atoms with van der Waals surface area (Å²) in [5.41, 5.74) is 6.16. The monoisotopic (exact) mass is 278 g/mol. The number of nitrogens with one attached hydrogen (secondary N) is 1. The van der Waals surface area contributed by atoms with Gasteiger partial charge in [-0.25, -0.2) is 9.95 Å². The van der Waals surface area contributed by atoms with Gasteiger partial charge in [-0.15, -0.1) is 0 Å². The number of aromatic amines is 1. The lowest BCUT2D eigenvalue weighted by Crippen LogP contribution is -2.33. The van der Waals surface area contributed by atoms with E-state index in [1.54, 1.807) is 31.4 Å². The number of carboxylic acid groups (broad SMARTS) is 1. The highest BCUT2D eigenvalue weighted by atomic mass is 16.5. The number of carbonyl (C=O) groups is 1. The van der Waals surface area contributed by atoms with E-state index in [0.717, 1.165) is 0 Å². The maximum atomic E-state index is 11.6. The molecule has 4 N–H and O–H groups in total. The fourth-order valence-corrected chi connectivity index (χ4v) is 1.81. The third-order valence-corrected chi connectivity index (χ3v) is 2.91. The van der Waals surface area contributed by atoms with Crippen molar-refractivity contribution >= 4 is 5.97 Å². The molecule has 0 bridgehead atoms. The number of hydrogen-bond donors (Lipinski definition) is 3. The van der Waals surface area contributed by atoms with Crippen LogP contribution < -0.4 is 16.1 Å². The average Bonchev–Trinajstić information content (AvgIpc) is 2.80. The fourth-order valence-electron chi connectivity index (χ4n) is 1.81. The largest absolute Gasteiger partial charge is 0.497 e. The summed E-state index contributed by atoms with van der Waals surface area (Å²) < 4.78 is 9.77. The van der Waals surface area contributed by atoms with Crippen molar-refractivity contribution in [3.05, 3.63) is 40.2 Å². The maximum Gasteiger partial charge on any atom is 0.361 e. The Kier molecular flexibility index (Phi) is 3.90. The zero-order chi connectivity index (χ0) is 14.7. The molecule has 7 nitrogen and oxygen atoms in total. The molecule has 20 heavy (non-hydrogen) atoms. The SMILES string of the molecule is COc1ccc(-c2[nH]oc(=O)c2C[C@H](N)C(=O)O)cc1. The molecule has 7 heteroatoms. The Balaban J connectivity index is 2.37. The number of hydrogen-bond acceptors (Lipinski definition) is 5. The van der Waals surface area contributed by atoms with Crippen LogP contribution in [0.25, 0.3) is 11.3 Å². The van der Waals surface area contributed by atoms with Crippen molar-refractivity contribution in [2.45, 2.75) is 12.5 Å². The van der Waals surface area contributed by atoms with Crippen LogP contribution in [0.2, 0.25) is 0 Å². The molecule has 0 spiro atoms. The van der Waals surface area contributed by atoms with Crippen molar-refractivity contribution in [2.75, 3.05) is 7.11 Å². The van der Waals surface area contributed by atoms with Crippen molar-refractivity contribution in [1.82, 2.24) is 5.16 Å². The van der Waals surface area contributed by atoms with Gasteiger partial charge in [0.1, 0.15) is 11.8 Å². The quantitative estimate of drug-likeness (QED) is 0.736. The summed E-state index contributed by atoms with van der Waals surface area (Å²) in [7, 11) is 1.55. The van der Waals surface area contributed by atoms with E-state index in [4.69, 9.17) is 20.1 Å². The molecule has 0 aliphatic rings. The second-order valence-electron chi connectivity index (χ2n) is 4.22. The number of H-pyrrole nitrogens is 1. The summed E-state index contributed by atoms with van der Waals surface area (Å²) >= 11 is 0. The maximum absolute atomic E-state index is 11.6. The minimum atomic E-state index is -1.17. The van der Waals surface area contributed by atoms with Gasteiger partial charge in [-0.3, -0.25) is 4.79 Å². The smallest absolute Gasteiger partial charge is 0.361 e. The van der Waals surface area contributed by atoms with Gasteiger partial charge in [0.2, 0.25) is 0 Å². The first-order chi connectivity index (χ1) is 9.52. The van der Waals surface area contributed by atoms with Crippen LogP contribution in [-0.2, 0) is 11.2 Å². The lowest BCUT2D eigenvalue weighted by atomic mass is 10.0. The number of ether oxygens (including phenoxy) is 1. The van der Waals surface area contributed by atoms with E-state index in [-0.39, 0.29) is 12.0 Å². The standard InChI is InChI=1S/C13H14N2O5/c1-19-8-4-2-7(3-5-8)11-9(13(18)20-15-11)6-10(14)12(16)17/h2-5,10,15H,6,14H2,1H3,(H,16,17)/t10-/m0/s1. The Morgan fingerprint density at radius 2 is 2.10 bits per heavy atom. The molecule has 0 radical (unpaired) electrons. The van der Waals surface area contributed by atoms with Gasteiger partial charge in [-0.05, 0) is 24.3 Å². The van der Waals surface area contributed by atoms with Gasteiger partial charge >= 0.3 is 11.6 Å². The number of benzene rings is 1. The van der Waals surface area contributed by atoms with Gasteiger partial charge in [0.25, 0.3) is 0 Å². The van der Waals surface area contributed by atoms with Gasteiger partial charge in [0, 0.05) is 12.0 Å². The summed E-state index contributed by atoms with van der Waals surface area (Å²) in [6.45, 7) is 0. The third-order valence-electron chi connectivity index (χ3n) is 2.91. The van der Waals surface area contributed by atoms with Gasteiger partial charge in [0.15, 0.2) is 0 Å². The molecular formula is C13H14N2O5. The van der Waals surface area contributed by atoms with Crippen molar-refractivity contribution in [2.24, 2.45) is 5.73 Å². The molecule has 0 amide bonds. The second-order valence-corrected chi connectivity index (χ2v) is 4.22. The first-order valence-electron chi connectivity index (χ1n) is 5.86. The zero-order valence-corrected chi connectivity index (χ0v) is 10.8. The molecule has 1 heterocycles. The summed E-state index contributed by atoms with van der Waals surface area (Å²) in [5.74, 6) is -0.505. The summed E-state index contributed by atoms with van der Waals surface area (Å²) in [4.78, 5) is 22.4. The van der Waals surface area contributed by atoms with Gasteiger partial charge in [-0.2, -0.15) is 0 Å². The lowest BCUT2D eigenvalue weighted by Gasteiger charge is -2.06. The van der Waals surface area contributed by atoms with Crippen LogP contribution in [0.3, 0.4) is 0 Å². The molecule has 0 aliphatic heterocycles. The first-order valence-corrected chi connectivity index (χ1v) is 5.86. The molecule has 2 aromatic rings. The average molecular weight is 278 g/mol. The normalized spacial score (nSPS) is 12.1. The Morgan fingerprint density at radius 1 is 1.45 bits per heavy atom. The number of nitrogens with two attached hydrogens (primary N) is 1. The number of aliphatic carboxylic acids is 1. The number of rotatable bonds is 5. The van der Waals surface area contributed by atoms with Crippen molar-refractivity contribution in [1.29, 1.82) is 0 Å². The molecule has 0 unspecified atom stereocenters. The summed E-state index contributed by atoms with van der Waals surface area (Å²) in [6, 6.07) is 5.75. The van der Waals surface area contributed by atoms with Crippen molar-refractivity contribution < 1.29 is 19.2 Å². The van der Waals surface area contributed by atoms with E-state index in [9.17, 15) is 9.59 Å². The van der Waals surface area contributed by atoms with Crippen LogP contribution in [0.5, 0.6) is 5.75 Å². The van der Waals surface area contributed by atoms with Crippen molar-refractivity contribution in [3.63, 3.8) is 0 Å². The van der Waals surface area contributed by atoms with Gasteiger partial charge in [-0.1, -0.05) is 0 Å². The number of methoxy groups -OCH3 is 1. The van der Waals surface area contributed by atoms with Crippen LogP contribution in [0.15, 0.2) is 33.6 Å². The Morgan fingerprint density at radius 3 is 2.65 bits per heavy atom. The molecule has 1 aromatic heterocycles. The molecule has 0 aliphatic carbocycles. The van der Waals surface area contributed by atoms with E-state index in [1.807, 2.05) is 0 Å². The molecule has 1 aromatic carbocycles. The van der Waals surface area contributed by atoms with Crippen LogP contribution >= 0.6 is 0 Å². The Bertz CT molecular complexity index is 656. The topological polar surface area (TPSA) is 119 Å². The van der Waals surface area contributed by atoms with Gasteiger partial charge < -0.3 is 20.1 Å². The van der Waals surface area contributed by atoms with Crippen LogP contribution in [0.1, 0.15) is 5.56 Å². The Labute approximate surface area is 113 Å². The lowest BCUT2D eigenvalue weighted by molar-refractivity contribution is -0.138. The van der Waals surface area contributed by atoms with E-state index in [0.29, 0.717) is 17.0 Å². The Hall–Kier alpha value is -2.54. The first kappa shape index (κ1) is 13.9. The van der Waals surface area contributed by atoms with Crippen molar-refractivity contribution in [3.8, 4) is 17.0 Å². The number of carboxylic acids is 1. The minimum absolute atomic E-state index is 0.109. The van der Waals surface area contributed by atoms with Crippen LogP contribution in [0, 0.1) is 0 Å². The molecule has 0 saturated carbocycles. The van der Waals surface area contributed by atoms with Crippen LogP contribution in [-0.4, -0.2) is 29.4 Å². The fraction of sp³-hybridized carbons (Fsp3) is 0.231. The summed E-state index contributed by atoms with van der Waals surface area (Å²) in [5, 5.41) is 11.3. The summed E-state index contributed by atoms with van der Waals surface area (Å²) in [6.07, 6.45) is -0.109. The predicted octanol–water partition coefficient (Wildman–Crippen LogP) is 0.598. The molecule has 1 atom stereocenters. The molecule has 0 fully saturated rings. The van der Waals surface area contributed by atoms with E-state index in [1.165, 1.54) is 0 Å². The third kappa shape index (κ3) is 2.72. The molecular weight excluding hydrogens is 264 g/mol. The minimum Gasteiger partial charge on any atom is -0.497 e. The predicted molar refractivity (Wildman–Crippen MR) is 70.6 cm³/mol.